The van der Waals surface area contributed by atoms with E-state index in [1.165, 1.54) is 0 Å². The minimum absolute atomic E-state index is 0.0314. The Hall–Kier alpha value is -3.98. The van der Waals surface area contributed by atoms with Gasteiger partial charge in [0.1, 0.15) is 23.3 Å². The van der Waals surface area contributed by atoms with E-state index in [2.05, 4.69) is 10.7 Å². The van der Waals surface area contributed by atoms with Crippen molar-refractivity contribution < 1.29 is 14.0 Å². The van der Waals surface area contributed by atoms with Crippen molar-refractivity contribution in [2.75, 3.05) is 25.0 Å². The zero-order chi connectivity index (χ0) is 25.2. The van der Waals surface area contributed by atoms with Crippen molar-refractivity contribution in [1.29, 1.82) is 0 Å². The topological polar surface area (TPSA) is 104 Å². The fourth-order valence-electron chi connectivity index (χ4n) is 4.45. The van der Waals surface area contributed by atoms with Gasteiger partial charge < -0.3 is 14.6 Å². The second-order valence-corrected chi connectivity index (χ2v) is 9.30. The number of carbonyl (C=O) groups excluding carboxylic acids is 2. The monoisotopic (exact) mass is 486 g/mol. The zero-order valence-electron chi connectivity index (χ0n) is 20.7. The van der Waals surface area contributed by atoms with Crippen LogP contribution in [0.5, 0.6) is 0 Å². The molecule has 5 rings (SSSR count). The molecule has 1 atom stereocenters. The molecule has 3 heterocycles. The number of hydrogen-bond donors (Lipinski definition) is 2. The Kier molecular flexibility index (Phi) is 6.56. The number of nitrogens with one attached hydrogen (secondary N) is 2. The molecule has 0 saturated heterocycles. The minimum atomic E-state index is -0.476. The molecule has 9 nitrogen and oxygen atoms in total. The summed E-state index contributed by atoms with van der Waals surface area (Å²) in [5.74, 6) is 1.25. The summed E-state index contributed by atoms with van der Waals surface area (Å²) >= 11 is 0. The minimum Gasteiger partial charge on any atom is -0.451 e. The normalized spacial score (nSPS) is 16.3. The molecule has 4 aromatic rings. The molecule has 1 aliphatic heterocycles. The average molecular weight is 487 g/mol. The highest BCUT2D eigenvalue weighted by Crippen LogP contribution is 2.24. The number of carbonyl (C=O) groups is 2. The highest BCUT2D eigenvalue weighted by Gasteiger charge is 2.28. The molecular formula is C27H30N6O3. The molecule has 0 saturated carbocycles. The number of nitrogens with zero attached hydrogens (tertiary/aromatic N) is 4. The fourth-order valence-corrected chi connectivity index (χ4v) is 4.45. The summed E-state index contributed by atoms with van der Waals surface area (Å²) in [5, 5.41) is 6.89. The third-order valence-electron chi connectivity index (χ3n) is 6.44. The first-order chi connectivity index (χ1) is 17.4. The van der Waals surface area contributed by atoms with Gasteiger partial charge in [0.05, 0.1) is 12.1 Å². The number of hydrazine groups is 1. The van der Waals surface area contributed by atoms with Gasteiger partial charge in [-0.1, -0.05) is 44.2 Å². The van der Waals surface area contributed by atoms with Crippen molar-refractivity contribution in [2.45, 2.75) is 33.4 Å². The quantitative estimate of drug-likeness (QED) is 0.427. The number of fused-ring (bicyclic) bond motifs is 5. The number of benzene rings is 2. The predicted molar refractivity (Wildman–Crippen MR) is 138 cm³/mol. The van der Waals surface area contributed by atoms with Crippen molar-refractivity contribution in [3.8, 4) is 0 Å². The zero-order valence-corrected chi connectivity index (χ0v) is 20.7. The summed E-state index contributed by atoms with van der Waals surface area (Å²) in [6, 6.07) is 16.6. The third-order valence-corrected chi connectivity index (χ3v) is 6.44. The first kappa shape index (κ1) is 23.7. The second-order valence-electron chi connectivity index (χ2n) is 9.30. The summed E-state index contributed by atoms with van der Waals surface area (Å²) < 4.78 is 5.78. The summed E-state index contributed by atoms with van der Waals surface area (Å²) in [6.07, 6.45) is 0. The van der Waals surface area contributed by atoms with E-state index < -0.39 is 6.04 Å². The highest BCUT2D eigenvalue weighted by molar-refractivity contribution is 5.96. The van der Waals surface area contributed by atoms with Crippen LogP contribution >= 0.6 is 0 Å². The lowest BCUT2D eigenvalue weighted by Gasteiger charge is -2.28. The molecule has 9 heteroatoms. The molecule has 2 bridgehead atoms. The van der Waals surface area contributed by atoms with Gasteiger partial charge in [0.2, 0.25) is 0 Å². The van der Waals surface area contributed by atoms with Crippen LogP contribution in [0, 0.1) is 5.92 Å². The molecule has 1 unspecified atom stereocenters. The van der Waals surface area contributed by atoms with Crippen LogP contribution in [-0.4, -0.2) is 57.4 Å². The van der Waals surface area contributed by atoms with Crippen molar-refractivity contribution in [3.05, 3.63) is 66.2 Å². The van der Waals surface area contributed by atoms with Crippen molar-refractivity contribution >= 4 is 39.5 Å². The standard InChI is InChI=1S/C27H30N6O3/c1-4-32(27(35)22-15-18-9-5-8-12-21(18)36-22)13-14-33-16-23-28-20-11-7-6-10-19(20)25(29-23)30-24(17(2)3)26(34)31-33/h5-12,15,17,24H,4,13-14,16H2,1-3H3,(H,31,34)(H,28,29,30). The molecule has 2 aromatic heterocycles. The SMILES string of the molecule is CCN(CCN1Cc2nc(c3ccccc3n2)NC(C(C)C)C(=O)N1)C(=O)c1cc2ccccc2o1. The first-order valence-corrected chi connectivity index (χ1v) is 12.3. The predicted octanol–water partition coefficient (Wildman–Crippen LogP) is 3.82. The van der Waals surface area contributed by atoms with E-state index in [9.17, 15) is 9.59 Å². The molecule has 0 radical (unpaired) electrons. The van der Waals surface area contributed by atoms with Crippen LogP contribution in [0.1, 0.15) is 37.2 Å². The van der Waals surface area contributed by atoms with Gasteiger partial charge in [-0.25, -0.2) is 15.0 Å². The summed E-state index contributed by atoms with van der Waals surface area (Å²) in [7, 11) is 0. The van der Waals surface area contributed by atoms with E-state index in [0.29, 0.717) is 49.2 Å². The van der Waals surface area contributed by atoms with E-state index in [1.807, 2.05) is 69.3 Å². The Balaban J connectivity index is 1.38. The maximum Gasteiger partial charge on any atom is 0.289 e. The van der Waals surface area contributed by atoms with Crippen LogP contribution in [0.4, 0.5) is 5.82 Å². The van der Waals surface area contributed by atoms with Crippen LogP contribution in [0.3, 0.4) is 0 Å². The van der Waals surface area contributed by atoms with Crippen LogP contribution < -0.4 is 10.7 Å². The van der Waals surface area contributed by atoms with E-state index in [0.717, 1.165) is 16.3 Å². The van der Waals surface area contributed by atoms with Gasteiger partial charge in [0.25, 0.3) is 11.8 Å². The Labute approximate surface area is 209 Å². The fraction of sp³-hybridized carbons (Fsp3) is 0.333. The van der Waals surface area contributed by atoms with Crippen LogP contribution in [0.15, 0.2) is 59.0 Å². The lowest BCUT2D eigenvalue weighted by atomic mass is 10.0. The number of para-hydroxylation sites is 2. The lowest BCUT2D eigenvalue weighted by molar-refractivity contribution is -0.127. The van der Waals surface area contributed by atoms with E-state index in [1.54, 1.807) is 16.0 Å². The number of furan rings is 1. The van der Waals surface area contributed by atoms with Gasteiger partial charge in [-0.05, 0) is 37.1 Å². The number of anilines is 1. The van der Waals surface area contributed by atoms with Crippen molar-refractivity contribution in [3.63, 3.8) is 0 Å². The van der Waals surface area contributed by atoms with Gasteiger partial charge in [0, 0.05) is 30.4 Å². The van der Waals surface area contributed by atoms with Crippen molar-refractivity contribution in [2.24, 2.45) is 5.92 Å². The smallest absolute Gasteiger partial charge is 0.289 e. The Morgan fingerprint density at radius 2 is 1.94 bits per heavy atom. The molecule has 2 amide bonds. The number of amides is 2. The Morgan fingerprint density at radius 3 is 2.72 bits per heavy atom. The number of likely N-dealkylation sites (N-methyl/N-ethyl adjacent to an activating group) is 1. The summed E-state index contributed by atoms with van der Waals surface area (Å²) in [6.45, 7) is 7.53. The molecule has 0 aliphatic carbocycles. The molecular weight excluding hydrogens is 456 g/mol. The lowest BCUT2D eigenvalue weighted by Crippen LogP contribution is -2.52. The maximum atomic E-state index is 13.2. The van der Waals surface area contributed by atoms with Crippen molar-refractivity contribution in [1.82, 2.24) is 25.3 Å². The molecule has 0 fully saturated rings. The van der Waals surface area contributed by atoms with Gasteiger partial charge in [-0.3, -0.25) is 15.0 Å². The third kappa shape index (κ3) is 4.74. The van der Waals surface area contributed by atoms with E-state index in [-0.39, 0.29) is 17.7 Å². The number of hydrogen-bond acceptors (Lipinski definition) is 7. The van der Waals surface area contributed by atoms with Crippen LogP contribution in [0.25, 0.3) is 21.9 Å². The Bertz CT molecular complexity index is 1380. The number of aromatic nitrogens is 2. The highest BCUT2D eigenvalue weighted by atomic mass is 16.3. The average Bonchev–Trinajstić information content (AvgIpc) is 3.32. The van der Waals surface area contributed by atoms with Gasteiger partial charge >= 0.3 is 0 Å². The molecule has 36 heavy (non-hydrogen) atoms. The maximum absolute atomic E-state index is 13.2. The van der Waals surface area contributed by atoms with Gasteiger partial charge in [-0.15, -0.1) is 0 Å². The molecule has 2 N–H and O–H groups in total. The van der Waals surface area contributed by atoms with Crippen LogP contribution in [-0.2, 0) is 11.3 Å². The second kappa shape index (κ2) is 9.94. The molecule has 2 aromatic carbocycles. The number of rotatable bonds is 6. The molecule has 1 aliphatic rings. The first-order valence-electron chi connectivity index (χ1n) is 12.3. The van der Waals surface area contributed by atoms with Gasteiger partial charge in [-0.2, -0.15) is 0 Å². The van der Waals surface area contributed by atoms with Gasteiger partial charge in [0.15, 0.2) is 5.76 Å². The summed E-state index contributed by atoms with van der Waals surface area (Å²) in [5.41, 5.74) is 4.52. The van der Waals surface area contributed by atoms with E-state index in [4.69, 9.17) is 14.4 Å². The van der Waals surface area contributed by atoms with Crippen LogP contribution in [0.2, 0.25) is 0 Å². The Morgan fingerprint density at radius 1 is 1.17 bits per heavy atom. The molecule has 186 valence electrons. The molecule has 0 spiro atoms. The van der Waals surface area contributed by atoms with E-state index >= 15 is 0 Å². The largest absolute Gasteiger partial charge is 0.451 e. The summed E-state index contributed by atoms with van der Waals surface area (Å²) in [4.78, 5) is 37.6.